The van der Waals surface area contributed by atoms with Gasteiger partial charge in [-0.15, -0.1) is 0 Å². The molecule has 9 heteroatoms. The minimum Gasteiger partial charge on any atom is -0.458 e. The Balaban J connectivity index is 1.29. The summed E-state index contributed by atoms with van der Waals surface area (Å²) >= 11 is 0. The maximum Gasteiger partial charge on any atom is 0.329 e. The Morgan fingerprint density at radius 2 is 1.91 bits per heavy atom. The second-order valence-corrected chi connectivity index (χ2v) is 7.08. The molecule has 0 aliphatic heterocycles. The number of pyridine rings is 1. The van der Waals surface area contributed by atoms with E-state index in [-0.39, 0.29) is 6.61 Å². The van der Waals surface area contributed by atoms with Crippen LogP contribution in [0.4, 0.5) is 4.39 Å². The molecule has 3 heterocycles. The van der Waals surface area contributed by atoms with Gasteiger partial charge in [-0.25, -0.2) is 9.36 Å². The van der Waals surface area contributed by atoms with Crippen molar-refractivity contribution in [2.75, 3.05) is 6.61 Å². The molecule has 0 saturated carbocycles. The lowest BCUT2D eigenvalue weighted by molar-refractivity contribution is -0.697. The van der Waals surface area contributed by atoms with Crippen LogP contribution in [0.3, 0.4) is 0 Å². The number of halogens is 1. The number of nitrogens with one attached hydrogen (secondary N) is 2. The van der Waals surface area contributed by atoms with Gasteiger partial charge in [-0.2, -0.15) is 4.39 Å². The number of fused-ring (bicyclic) bond motifs is 1. The highest BCUT2D eigenvalue weighted by molar-refractivity contribution is 5.91. The standard InChI is InChI=1S/C23H19FN4O4/c24-19-14-28(23(31)26-22(19)30)15-21(29)32-12-11-27-9-7-16(8-10-27)5-6-17-13-25-20-4-2-1-3-18(17)20/h1-10,13-14H,11-12,15H2,(H,26,30,31)/p+1. The first-order valence-electron chi connectivity index (χ1n) is 9.88. The fraction of sp³-hybridized carbons (Fsp3) is 0.130. The van der Waals surface area contributed by atoms with Gasteiger partial charge in [0.25, 0.3) is 5.56 Å². The van der Waals surface area contributed by atoms with Crippen molar-refractivity contribution >= 4 is 29.0 Å². The number of H-pyrrole nitrogens is 2. The molecule has 2 N–H and O–H groups in total. The average molecular weight is 435 g/mol. The van der Waals surface area contributed by atoms with Crippen LogP contribution < -0.4 is 15.8 Å². The van der Waals surface area contributed by atoms with Crippen molar-refractivity contribution in [2.45, 2.75) is 13.1 Å². The fourth-order valence-electron chi connectivity index (χ4n) is 3.20. The molecule has 0 bridgehead atoms. The molecule has 0 atom stereocenters. The van der Waals surface area contributed by atoms with Crippen LogP contribution >= 0.6 is 0 Å². The quantitative estimate of drug-likeness (QED) is 0.342. The maximum absolute atomic E-state index is 13.3. The number of aromatic nitrogens is 4. The Kier molecular flexibility index (Phi) is 6.07. The fourth-order valence-corrected chi connectivity index (χ4v) is 3.20. The molecule has 0 saturated heterocycles. The molecule has 4 aromatic rings. The van der Waals surface area contributed by atoms with Crippen LogP contribution in [-0.2, 0) is 22.6 Å². The number of aromatic amines is 2. The molecule has 0 unspecified atom stereocenters. The molecule has 0 amide bonds. The van der Waals surface area contributed by atoms with E-state index in [1.165, 1.54) is 0 Å². The number of esters is 1. The summed E-state index contributed by atoms with van der Waals surface area (Å²) in [4.78, 5) is 39.5. The van der Waals surface area contributed by atoms with E-state index in [2.05, 4.69) is 11.1 Å². The zero-order valence-electron chi connectivity index (χ0n) is 17.0. The number of carbonyl (C=O) groups is 1. The van der Waals surface area contributed by atoms with E-state index in [1.54, 1.807) is 4.98 Å². The summed E-state index contributed by atoms with van der Waals surface area (Å²) in [7, 11) is 0. The van der Waals surface area contributed by atoms with E-state index < -0.39 is 29.6 Å². The Morgan fingerprint density at radius 1 is 1.12 bits per heavy atom. The number of benzene rings is 1. The van der Waals surface area contributed by atoms with E-state index in [4.69, 9.17) is 4.74 Å². The topological polar surface area (TPSA) is 101 Å². The minimum atomic E-state index is -1.15. The molecule has 0 aliphatic rings. The van der Waals surface area contributed by atoms with Crippen molar-refractivity contribution in [3.05, 3.63) is 99.0 Å². The summed E-state index contributed by atoms with van der Waals surface area (Å²) in [6.45, 7) is -0.00353. The van der Waals surface area contributed by atoms with Gasteiger partial charge in [0, 0.05) is 29.2 Å². The molecule has 162 valence electrons. The lowest BCUT2D eigenvalue weighted by Crippen LogP contribution is -2.37. The van der Waals surface area contributed by atoms with Gasteiger partial charge in [0.2, 0.25) is 5.82 Å². The number of hydrogen-bond acceptors (Lipinski definition) is 4. The Labute approximate surface area is 181 Å². The van der Waals surface area contributed by atoms with Gasteiger partial charge in [0.1, 0.15) is 6.54 Å². The highest BCUT2D eigenvalue weighted by Crippen LogP contribution is 2.19. The van der Waals surface area contributed by atoms with Gasteiger partial charge in [-0.1, -0.05) is 30.4 Å². The van der Waals surface area contributed by atoms with Crippen molar-refractivity contribution < 1.29 is 18.5 Å². The highest BCUT2D eigenvalue weighted by atomic mass is 19.1. The minimum absolute atomic E-state index is 0.0780. The van der Waals surface area contributed by atoms with Crippen molar-refractivity contribution in [3.63, 3.8) is 0 Å². The highest BCUT2D eigenvalue weighted by Gasteiger charge is 2.10. The summed E-state index contributed by atoms with van der Waals surface area (Å²) in [6.07, 6.45) is 10.4. The maximum atomic E-state index is 13.3. The van der Waals surface area contributed by atoms with Gasteiger partial charge >= 0.3 is 11.7 Å². The summed E-state index contributed by atoms with van der Waals surface area (Å²) in [6, 6.07) is 12.0. The molecule has 32 heavy (non-hydrogen) atoms. The molecule has 0 fully saturated rings. The first kappa shape index (κ1) is 21.0. The van der Waals surface area contributed by atoms with Crippen LogP contribution in [-0.4, -0.2) is 27.1 Å². The van der Waals surface area contributed by atoms with Crippen molar-refractivity contribution in [1.29, 1.82) is 0 Å². The predicted molar refractivity (Wildman–Crippen MR) is 116 cm³/mol. The Morgan fingerprint density at radius 3 is 2.72 bits per heavy atom. The molecule has 4 rings (SSSR count). The van der Waals surface area contributed by atoms with E-state index in [1.807, 2.05) is 65.6 Å². The predicted octanol–water partition coefficient (Wildman–Crippen LogP) is 1.86. The molecule has 0 spiro atoms. The van der Waals surface area contributed by atoms with Gasteiger partial charge < -0.3 is 9.72 Å². The van der Waals surface area contributed by atoms with Crippen molar-refractivity contribution in [1.82, 2.24) is 14.5 Å². The van der Waals surface area contributed by atoms with Gasteiger partial charge in [0.15, 0.2) is 25.5 Å². The average Bonchev–Trinajstić information content (AvgIpc) is 3.20. The molecular formula is C23H20FN4O4+. The second kappa shape index (κ2) is 9.25. The number of nitrogens with zero attached hydrogens (tertiary/aromatic N) is 2. The molecule has 8 nitrogen and oxygen atoms in total. The lowest BCUT2D eigenvalue weighted by atomic mass is 10.1. The van der Waals surface area contributed by atoms with Crippen molar-refractivity contribution in [3.8, 4) is 0 Å². The first-order valence-corrected chi connectivity index (χ1v) is 9.88. The molecule has 3 aromatic heterocycles. The zero-order chi connectivity index (χ0) is 22.5. The zero-order valence-corrected chi connectivity index (χ0v) is 17.0. The third-order valence-corrected chi connectivity index (χ3v) is 4.87. The molecular weight excluding hydrogens is 415 g/mol. The summed E-state index contributed by atoms with van der Waals surface area (Å²) in [5.74, 6) is -1.86. The number of hydrogen-bond donors (Lipinski definition) is 2. The second-order valence-electron chi connectivity index (χ2n) is 7.08. The largest absolute Gasteiger partial charge is 0.458 e. The van der Waals surface area contributed by atoms with Crippen LogP contribution in [0.25, 0.3) is 23.1 Å². The smallest absolute Gasteiger partial charge is 0.329 e. The summed E-state index contributed by atoms with van der Waals surface area (Å²) in [5, 5.41) is 1.16. The van der Waals surface area contributed by atoms with Gasteiger partial charge in [-0.05, 0) is 17.2 Å². The molecule has 1 aromatic carbocycles. The first-order chi connectivity index (χ1) is 15.5. The van der Waals surface area contributed by atoms with Gasteiger partial charge in [0.05, 0.1) is 6.20 Å². The van der Waals surface area contributed by atoms with Crippen LogP contribution in [0.5, 0.6) is 0 Å². The SMILES string of the molecule is O=C(Cn1cc(F)c(=O)[nH]c1=O)OCC[n+]1ccc(C=Cc2c[nH]c3ccccc23)cc1. The third-order valence-electron chi connectivity index (χ3n) is 4.87. The molecule has 0 radical (unpaired) electrons. The van der Waals surface area contributed by atoms with Crippen LogP contribution in [0.1, 0.15) is 11.1 Å². The number of rotatable bonds is 7. The van der Waals surface area contributed by atoms with E-state index >= 15 is 0 Å². The Hall–Kier alpha value is -4.27. The number of ether oxygens (including phenoxy) is 1. The summed E-state index contributed by atoms with van der Waals surface area (Å²) in [5.41, 5.74) is 1.20. The van der Waals surface area contributed by atoms with Crippen LogP contribution in [0.2, 0.25) is 0 Å². The van der Waals surface area contributed by atoms with E-state index in [9.17, 15) is 18.8 Å². The normalized spacial score (nSPS) is 11.3. The van der Waals surface area contributed by atoms with Crippen molar-refractivity contribution in [2.24, 2.45) is 0 Å². The van der Waals surface area contributed by atoms with E-state index in [0.717, 1.165) is 26.6 Å². The third kappa shape index (κ3) is 4.89. The van der Waals surface area contributed by atoms with Crippen LogP contribution in [0.15, 0.2) is 70.8 Å². The number of para-hydroxylation sites is 1. The van der Waals surface area contributed by atoms with Crippen LogP contribution in [0, 0.1) is 5.82 Å². The van der Waals surface area contributed by atoms with Gasteiger partial charge in [-0.3, -0.25) is 19.1 Å². The van der Waals surface area contributed by atoms with E-state index in [0.29, 0.717) is 12.7 Å². The summed E-state index contributed by atoms with van der Waals surface area (Å²) < 4.78 is 20.9. The monoisotopic (exact) mass is 435 g/mol. The molecule has 0 aliphatic carbocycles. The number of carbonyl (C=O) groups excluding carboxylic acids is 1. The lowest BCUT2D eigenvalue weighted by Gasteiger charge is -2.05. The Bertz CT molecular complexity index is 1400.